The molecule has 0 radical (unpaired) electrons. The van der Waals surface area contributed by atoms with Crippen LogP contribution in [0.4, 0.5) is 0 Å². The van der Waals surface area contributed by atoms with Crippen LogP contribution in [0.2, 0.25) is 0 Å². The number of aromatic nitrogens is 2. The van der Waals surface area contributed by atoms with Crippen molar-refractivity contribution in [3.8, 4) is 22.5 Å². The Balaban J connectivity index is 1.56. The molecule has 0 unspecified atom stereocenters. The van der Waals surface area contributed by atoms with Gasteiger partial charge in [-0.1, -0.05) is 72.8 Å². The van der Waals surface area contributed by atoms with E-state index in [1.165, 1.54) is 0 Å². The topological polar surface area (TPSA) is 38.9 Å². The molecular weight excluding hydrogens is 404 g/mol. The molecule has 0 atom stereocenters. The monoisotopic (exact) mass is 422 g/mol. The Morgan fingerprint density at radius 1 is 0.424 bits per heavy atom. The molecule has 0 saturated heterocycles. The molecule has 4 aromatic carbocycles. The first kappa shape index (κ1) is 18.1. The molecule has 0 spiro atoms. The molecule has 0 bridgehead atoms. The molecule has 0 aliphatic rings. The normalized spacial score (nSPS) is 11.6. The minimum atomic E-state index is 0.851. The fraction of sp³-hybridized carbons (Fsp3) is 0. The zero-order valence-electron chi connectivity index (χ0n) is 17.7. The SMILES string of the molecule is c1ccc2c(-c3cccc4c3oc3c(-c5nccc6ccccc56)cccc34)nccc2c1. The fourth-order valence-corrected chi connectivity index (χ4v) is 4.86. The van der Waals surface area contributed by atoms with Crippen LogP contribution in [0.1, 0.15) is 0 Å². The first-order valence-electron chi connectivity index (χ1n) is 11.0. The smallest absolute Gasteiger partial charge is 0.144 e. The highest BCUT2D eigenvalue weighted by molar-refractivity contribution is 6.15. The zero-order chi connectivity index (χ0) is 21.8. The Morgan fingerprint density at radius 2 is 0.879 bits per heavy atom. The number of para-hydroxylation sites is 2. The van der Waals surface area contributed by atoms with Crippen molar-refractivity contribution in [1.82, 2.24) is 9.97 Å². The van der Waals surface area contributed by atoms with Gasteiger partial charge in [0.25, 0.3) is 0 Å². The predicted octanol–water partition coefficient (Wildman–Crippen LogP) is 8.02. The number of hydrogen-bond acceptors (Lipinski definition) is 3. The van der Waals surface area contributed by atoms with Gasteiger partial charge in [0.1, 0.15) is 11.2 Å². The van der Waals surface area contributed by atoms with E-state index in [0.717, 1.165) is 66.0 Å². The fourth-order valence-electron chi connectivity index (χ4n) is 4.86. The largest absolute Gasteiger partial charge is 0.455 e. The van der Waals surface area contributed by atoms with Crippen LogP contribution in [-0.2, 0) is 0 Å². The van der Waals surface area contributed by atoms with Gasteiger partial charge in [0, 0.05) is 45.1 Å². The highest BCUT2D eigenvalue weighted by Gasteiger charge is 2.18. The standard InChI is InChI=1S/C30H18N2O/c1-3-9-21-19(7-1)15-17-31-27(21)25-13-5-11-23-24-12-6-14-26(30(24)33-29(23)25)28-22-10-4-2-8-20(22)16-18-32-28/h1-18H. The summed E-state index contributed by atoms with van der Waals surface area (Å²) in [4.78, 5) is 9.49. The molecule has 33 heavy (non-hydrogen) atoms. The second-order valence-electron chi connectivity index (χ2n) is 8.23. The summed E-state index contributed by atoms with van der Waals surface area (Å²) >= 11 is 0. The third-order valence-electron chi connectivity index (χ3n) is 6.38. The van der Waals surface area contributed by atoms with Gasteiger partial charge in [-0.25, -0.2) is 0 Å². The van der Waals surface area contributed by atoms with Crippen molar-refractivity contribution in [3.63, 3.8) is 0 Å². The van der Waals surface area contributed by atoms with Gasteiger partial charge in [0.05, 0.1) is 11.4 Å². The molecule has 0 fully saturated rings. The van der Waals surface area contributed by atoms with E-state index in [1.54, 1.807) is 0 Å². The van der Waals surface area contributed by atoms with Crippen LogP contribution in [0.3, 0.4) is 0 Å². The van der Waals surface area contributed by atoms with Crippen LogP contribution in [0, 0.1) is 0 Å². The van der Waals surface area contributed by atoms with Gasteiger partial charge in [-0.2, -0.15) is 0 Å². The Bertz CT molecular complexity index is 1690. The molecule has 0 aliphatic carbocycles. The summed E-state index contributed by atoms with van der Waals surface area (Å²) in [5.74, 6) is 0. The molecule has 3 aromatic heterocycles. The molecule has 7 aromatic rings. The Hall–Kier alpha value is -4.50. The highest BCUT2D eigenvalue weighted by atomic mass is 16.3. The summed E-state index contributed by atoms with van der Waals surface area (Å²) in [7, 11) is 0. The summed E-state index contributed by atoms with van der Waals surface area (Å²) in [5.41, 5.74) is 5.56. The Morgan fingerprint density at radius 3 is 1.39 bits per heavy atom. The van der Waals surface area contributed by atoms with Crippen LogP contribution in [-0.4, -0.2) is 9.97 Å². The summed E-state index contributed by atoms with van der Waals surface area (Å²) in [6.07, 6.45) is 3.73. The quantitative estimate of drug-likeness (QED) is 0.283. The molecule has 3 nitrogen and oxygen atoms in total. The lowest BCUT2D eigenvalue weighted by Gasteiger charge is -2.06. The second kappa shape index (κ2) is 7.01. The molecule has 3 heterocycles. The summed E-state index contributed by atoms with van der Waals surface area (Å²) in [5, 5.41) is 6.72. The molecule has 0 N–H and O–H groups in total. The van der Waals surface area contributed by atoms with E-state index in [-0.39, 0.29) is 0 Å². The molecule has 0 saturated carbocycles. The van der Waals surface area contributed by atoms with Crippen LogP contribution < -0.4 is 0 Å². The number of hydrogen-bond donors (Lipinski definition) is 0. The van der Waals surface area contributed by atoms with E-state index >= 15 is 0 Å². The summed E-state index contributed by atoms with van der Waals surface area (Å²) in [6.45, 7) is 0. The molecule has 0 aliphatic heterocycles. The van der Waals surface area contributed by atoms with E-state index in [9.17, 15) is 0 Å². The van der Waals surface area contributed by atoms with E-state index < -0.39 is 0 Å². The molecule has 3 heteroatoms. The van der Waals surface area contributed by atoms with Crippen LogP contribution in [0.5, 0.6) is 0 Å². The lowest BCUT2D eigenvalue weighted by Crippen LogP contribution is -1.86. The number of rotatable bonds is 2. The van der Waals surface area contributed by atoms with Crippen molar-refractivity contribution in [2.24, 2.45) is 0 Å². The number of benzene rings is 4. The van der Waals surface area contributed by atoms with Crippen molar-refractivity contribution in [2.75, 3.05) is 0 Å². The maximum absolute atomic E-state index is 6.64. The van der Waals surface area contributed by atoms with Crippen molar-refractivity contribution in [1.29, 1.82) is 0 Å². The van der Waals surface area contributed by atoms with Crippen molar-refractivity contribution < 1.29 is 4.42 Å². The number of fused-ring (bicyclic) bond motifs is 5. The lowest BCUT2D eigenvalue weighted by molar-refractivity contribution is 0.671. The van der Waals surface area contributed by atoms with E-state index in [0.29, 0.717) is 0 Å². The predicted molar refractivity (Wildman–Crippen MR) is 135 cm³/mol. The summed E-state index contributed by atoms with van der Waals surface area (Å²) < 4.78 is 6.64. The minimum Gasteiger partial charge on any atom is -0.455 e. The van der Waals surface area contributed by atoms with Crippen LogP contribution >= 0.6 is 0 Å². The van der Waals surface area contributed by atoms with Crippen molar-refractivity contribution in [3.05, 3.63) is 109 Å². The highest BCUT2D eigenvalue weighted by Crippen LogP contribution is 2.41. The Kier molecular flexibility index (Phi) is 3.84. The first-order valence-corrected chi connectivity index (χ1v) is 11.0. The van der Waals surface area contributed by atoms with Gasteiger partial charge in [-0.15, -0.1) is 0 Å². The minimum absolute atomic E-state index is 0.851. The van der Waals surface area contributed by atoms with Gasteiger partial charge in [0.15, 0.2) is 0 Å². The lowest BCUT2D eigenvalue weighted by atomic mass is 10.00. The second-order valence-corrected chi connectivity index (χ2v) is 8.23. The van der Waals surface area contributed by atoms with Gasteiger partial charge >= 0.3 is 0 Å². The van der Waals surface area contributed by atoms with E-state index in [2.05, 4.69) is 84.9 Å². The average Bonchev–Trinajstić information content (AvgIpc) is 3.27. The third-order valence-corrected chi connectivity index (χ3v) is 6.38. The van der Waals surface area contributed by atoms with Gasteiger partial charge in [-0.05, 0) is 35.0 Å². The third kappa shape index (κ3) is 2.69. The van der Waals surface area contributed by atoms with Gasteiger partial charge < -0.3 is 4.42 Å². The van der Waals surface area contributed by atoms with Gasteiger partial charge in [-0.3, -0.25) is 9.97 Å². The Labute approximate surface area is 190 Å². The molecule has 7 rings (SSSR count). The maximum atomic E-state index is 6.64. The van der Waals surface area contributed by atoms with Gasteiger partial charge in [0.2, 0.25) is 0 Å². The molecule has 154 valence electrons. The van der Waals surface area contributed by atoms with Crippen LogP contribution in [0.15, 0.2) is 114 Å². The van der Waals surface area contributed by atoms with Crippen molar-refractivity contribution in [2.45, 2.75) is 0 Å². The zero-order valence-corrected chi connectivity index (χ0v) is 17.7. The average molecular weight is 422 g/mol. The van der Waals surface area contributed by atoms with E-state index in [1.807, 2.05) is 24.5 Å². The summed E-state index contributed by atoms with van der Waals surface area (Å²) in [6, 6.07) is 33.3. The number of furan rings is 1. The van der Waals surface area contributed by atoms with E-state index in [4.69, 9.17) is 14.4 Å². The molecule has 0 amide bonds. The van der Waals surface area contributed by atoms with Crippen LogP contribution in [0.25, 0.3) is 66.0 Å². The number of pyridine rings is 2. The van der Waals surface area contributed by atoms with Crippen molar-refractivity contribution >= 4 is 43.5 Å². The number of nitrogens with zero attached hydrogens (tertiary/aromatic N) is 2. The maximum Gasteiger partial charge on any atom is 0.144 e. The first-order chi connectivity index (χ1) is 16.4. The molecular formula is C30H18N2O.